The van der Waals surface area contributed by atoms with Gasteiger partial charge in [0.1, 0.15) is 11.6 Å². The summed E-state index contributed by atoms with van der Waals surface area (Å²) in [6, 6.07) is 15.8. The molecule has 4 aromatic rings. The lowest BCUT2D eigenvalue weighted by Crippen LogP contribution is -2.26. The van der Waals surface area contributed by atoms with Crippen molar-refractivity contribution in [3.63, 3.8) is 0 Å². The molecule has 0 radical (unpaired) electrons. The minimum absolute atomic E-state index is 0.00994. The van der Waals surface area contributed by atoms with Crippen LogP contribution in [0.25, 0.3) is 22.3 Å². The van der Waals surface area contributed by atoms with Crippen molar-refractivity contribution in [3.05, 3.63) is 65.6 Å². The molecular formula is C24H27N5O2. The van der Waals surface area contributed by atoms with Crippen molar-refractivity contribution >= 4 is 16.9 Å². The first-order valence-corrected chi connectivity index (χ1v) is 10.4. The highest BCUT2D eigenvalue weighted by atomic mass is 16.5. The molecule has 1 amide bonds. The molecule has 4 rings (SSSR count). The van der Waals surface area contributed by atoms with E-state index >= 15 is 0 Å². The summed E-state index contributed by atoms with van der Waals surface area (Å²) in [6.07, 6.45) is 1.93. The first-order chi connectivity index (χ1) is 15.1. The number of para-hydroxylation sites is 2. The zero-order chi connectivity index (χ0) is 21.8. The fourth-order valence-electron chi connectivity index (χ4n) is 3.77. The van der Waals surface area contributed by atoms with E-state index in [2.05, 4.69) is 31.1 Å². The topological polar surface area (TPSA) is 84.8 Å². The second-order valence-corrected chi connectivity index (χ2v) is 7.61. The highest BCUT2D eigenvalue weighted by Gasteiger charge is 2.16. The van der Waals surface area contributed by atoms with Crippen molar-refractivity contribution < 1.29 is 9.53 Å². The summed E-state index contributed by atoms with van der Waals surface area (Å²) in [5, 5.41) is 10.4. The molecule has 0 aliphatic rings. The van der Waals surface area contributed by atoms with E-state index in [4.69, 9.17) is 4.74 Å². The van der Waals surface area contributed by atoms with E-state index in [9.17, 15) is 4.79 Å². The highest BCUT2D eigenvalue weighted by Crippen LogP contribution is 2.26. The number of aromatic nitrogens is 4. The maximum Gasteiger partial charge on any atom is 0.224 e. The molecule has 0 saturated heterocycles. The van der Waals surface area contributed by atoms with Crippen molar-refractivity contribution in [1.29, 1.82) is 0 Å². The molecule has 0 aliphatic carbocycles. The number of hydrogen-bond donors (Lipinski definition) is 2. The Morgan fingerprint density at radius 1 is 1.16 bits per heavy atom. The van der Waals surface area contributed by atoms with Gasteiger partial charge < -0.3 is 14.6 Å². The van der Waals surface area contributed by atoms with Gasteiger partial charge in [-0.25, -0.2) is 4.98 Å². The predicted molar refractivity (Wildman–Crippen MR) is 121 cm³/mol. The van der Waals surface area contributed by atoms with Crippen molar-refractivity contribution in [2.45, 2.75) is 26.2 Å². The molecule has 2 N–H and O–H groups in total. The quantitative estimate of drug-likeness (QED) is 0.429. The van der Waals surface area contributed by atoms with Gasteiger partial charge in [0, 0.05) is 36.8 Å². The standard InChI is InChI=1S/C24H27N5O2/c1-16-19(24(28-27-16)17-10-12-18(31-3)13-11-17)15-23(30)25-14-6-9-22-26-20-7-4-5-8-21(20)29(22)2/h4-5,7-8,10-13H,6,9,14-15H2,1-3H3,(H,25,30)(H,27,28). The monoisotopic (exact) mass is 417 g/mol. The van der Waals surface area contributed by atoms with Crippen LogP contribution in [-0.2, 0) is 24.7 Å². The lowest BCUT2D eigenvalue weighted by atomic mass is 10.0. The average Bonchev–Trinajstić information content (AvgIpc) is 3.31. The number of imidazole rings is 1. The van der Waals surface area contributed by atoms with Crippen LogP contribution in [0.4, 0.5) is 0 Å². The number of nitrogens with zero attached hydrogens (tertiary/aromatic N) is 3. The molecule has 0 bridgehead atoms. The summed E-state index contributed by atoms with van der Waals surface area (Å²) in [6.45, 7) is 2.55. The molecule has 0 fully saturated rings. The van der Waals surface area contributed by atoms with Crippen LogP contribution < -0.4 is 10.1 Å². The fourth-order valence-corrected chi connectivity index (χ4v) is 3.77. The van der Waals surface area contributed by atoms with Gasteiger partial charge in [0.25, 0.3) is 0 Å². The normalized spacial score (nSPS) is 11.1. The lowest BCUT2D eigenvalue weighted by molar-refractivity contribution is -0.120. The average molecular weight is 418 g/mol. The number of H-pyrrole nitrogens is 1. The Balaban J connectivity index is 1.34. The number of nitrogens with one attached hydrogen (secondary N) is 2. The van der Waals surface area contributed by atoms with Crippen LogP contribution in [0.2, 0.25) is 0 Å². The molecule has 2 aromatic heterocycles. The van der Waals surface area contributed by atoms with Crippen LogP contribution in [0.1, 0.15) is 23.5 Å². The van der Waals surface area contributed by atoms with Crippen LogP contribution >= 0.6 is 0 Å². The number of methoxy groups -OCH3 is 1. The van der Waals surface area contributed by atoms with Gasteiger partial charge >= 0.3 is 0 Å². The van der Waals surface area contributed by atoms with E-state index in [1.807, 2.05) is 56.4 Å². The third-order valence-corrected chi connectivity index (χ3v) is 5.55. The van der Waals surface area contributed by atoms with Gasteiger partial charge in [-0.2, -0.15) is 5.10 Å². The van der Waals surface area contributed by atoms with Gasteiger partial charge in [-0.15, -0.1) is 0 Å². The van der Waals surface area contributed by atoms with Gasteiger partial charge in [0.05, 0.1) is 30.3 Å². The third kappa shape index (κ3) is 4.45. The number of aromatic amines is 1. The van der Waals surface area contributed by atoms with E-state index in [0.29, 0.717) is 6.54 Å². The molecule has 0 aliphatic heterocycles. The van der Waals surface area contributed by atoms with Gasteiger partial charge in [0.15, 0.2) is 0 Å². The number of hydrogen-bond acceptors (Lipinski definition) is 4. The van der Waals surface area contributed by atoms with Crippen molar-refractivity contribution in [1.82, 2.24) is 25.1 Å². The van der Waals surface area contributed by atoms with Gasteiger partial charge in [-0.3, -0.25) is 9.89 Å². The summed E-state index contributed by atoms with van der Waals surface area (Å²) < 4.78 is 7.34. The lowest BCUT2D eigenvalue weighted by Gasteiger charge is -2.08. The summed E-state index contributed by atoms with van der Waals surface area (Å²) in [4.78, 5) is 17.3. The minimum atomic E-state index is -0.00994. The predicted octanol–water partition coefficient (Wildman–Crippen LogP) is 3.57. The van der Waals surface area contributed by atoms with Crippen molar-refractivity contribution in [3.8, 4) is 17.0 Å². The zero-order valence-corrected chi connectivity index (χ0v) is 18.1. The number of fused-ring (bicyclic) bond motifs is 1. The van der Waals surface area contributed by atoms with Crippen molar-refractivity contribution in [2.75, 3.05) is 13.7 Å². The molecule has 0 spiro atoms. The van der Waals surface area contributed by atoms with E-state index in [1.165, 1.54) is 0 Å². The maximum atomic E-state index is 12.6. The first-order valence-electron chi connectivity index (χ1n) is 10.4. The molecule has 2 heterocycles. The number of carbonyl (C=O) groups is 1. The molecule has 160 valence electrons. The molecular weight excluding hydrogens is 390 g/mol. The number of carbonyl (C=O) groups excluding carboxylic acids is 1. The number of amides is 1. The molecule has 2 aromatic carbocycles. The Morgan fingerprint density at radius 3 is 2.68 bits per heavy atom. The van der Waals surface area contributed by atoms with E-state index in [1.54, 1.807) is 7.11 Å². The fraction of sp³-hybridized carbons (Fsp3) is 0.292. The number of aryl methyl sites for hydroxylation is 3. The SMILES string of the molecule is COc1ccc(-c2n[nH]c(C)c2CC(=O)NCCCc2nc3ccccc3n2C)cc1. The van der Waals surface area contributed by atoms with E-state index < -0.39 is 0 Å². The molecule has 7 nitrogen and oxygen atoms in total. The summed E-state index contributed by atoms with van der Waals surface area (Å²) in [7, 11) is 3.67. The maximum absolute atomic E-state index is 12.6. The Kier molecular flexibility index (Phi) is 6.02. The summed E-state index contributed by atoms with van der Waals surface area (Å²) in [5.74, 6) is 1.81. The van der Waals surface area contributed by atoms with Crippen LogP contribution in [0.15, 0.2) is 48.5 Å². The van der Waals surface area contributed by atoms with Crippen LogP contribution in [-0.4, -0.2) is 39.3 Å². The Morgan fingerprint density at radius 2 is 1.94 bits per heavy atom. The number of benzene rings is 2. The molecule has 0 saturated carbocycles. The molecule has 7 heteroatoms. The first kappa shape index (κ1) is 20.7. The smallest absolute Gasteiger partial charge is 0.224 e. The minimum Gasteiger partial charge on any atom is -0.497 e. The highest BCUT2D eigenvalue weighted by molar-refractivity contribution is 5.81. The Hall–Kier alpha value is -3.61. The van der Waals surface area contributed by atoms with Crippen LogP contribution in [0.5, 0.6) is 5.75 Å². The molecule has 0 unspecified atom stereocenters. The van der Waals surface area contributed by atoms with Gasteiger partial charge in [-0.05, 0) is 49.7 Å². The third-order valence-electron chi connectivity index (χ3n) is 5.55. The zero-order valence-electron chi connectivity index (χ0n) is 18.1. The van der Waals surface area contributed by atoms with Crippen LogP contribution in [0, 0.1) is 6.92 Å². The molecule has 31 heavy (non-hydrogen) atoms. The Labute approximate surface area is 181 Å². The Bertz CT molecular complexity index is 1190. The summed E-state index contributed by atoms with van der Waals surface area (Å²) in [5.41, 5.74) is 5.71. The second kappa shape index (κ2) is 9.04. The van der Waals surface area contributed by atoms with Gasteiger partial charge in [-0.1, -0.05) is 12.1 Å². The second-order valence-electron chi connectivity index (χ2n) is 7.61. The van der Waals surface area contributed by atoms with Crippen molar-refractivity contribution in [2.24, 2.45) is 7.05 Å². The largest absolute Gasteiger partial charge is 0.497 e. The van der Waals surface area contributed by atoms with E-state index in [-0.39, 0.29) is 12.3 Å². The number of rotatable bonds is 8. The molecule has 0 atom stereocenters. The van der Waals surface area contributed by atoms with E-state index in [0.717, 1.165) is 58.0 Å². The van der Waals surface area contributed by atoms with Crippen LogP contribution in [0.3, 0.4) is 0 Å². The van der Waals surface area contributed by atoms with Gasteiger partial charge in [0.2, 0.25) is 5.91 Å². The number of ether oxygens (including phenoxy) is 1. The summed E-state index contributed by atoms with van der Waals surface area (Å²) >= 11 is 0.